The summed E-state index contributed by atoms with van der Waals surface area (Å²) in [5.74, 6) is -0.633. The van der Waals surface area contributed by atoms with Gasteiger partial charge < -0.3 is 9.84 Å². The number of carboxylic acids is 1. The molecular weight excluding hydrogens is 234 g/mol. The summed E-state index contributed by atoms with van der Waals surface area (Å²) in [5, 5.41) is 9.22. The highest BCUT2D eigenvalue weighted by Crippen LogP contribution is 2.33. The van der Waals surface area contributed by atoms with E-state index in [1.54, 1.807) is 24.3 Å². The molecule has 0 radical (unpaired) electrons. The number of benzene rings is 1. The van der Waals surface area contributed by atoms with E-state index >= 15 is 0 Å². The molecule has 1 amide bonds. The zero-order valence-corrected chi connectivity index (χ0v) is 10.1. The molecule has 1 saturated heterocycles. The van der Waals surface area contributed by atoms with Crippen molar-refractivity contribution >= 4 is 17.6 Å². The van der Waals surface area contributed by atoms with Gasteiger partial charge in [0, 0.05) is 6.42 Å². The molecule has 0 aromatic heterocycles. The van der Waals surface area contributed by atoms with Crippen LogP contribution in [0.5, 0.6) is 5.75 Å². The van der Waals surface area contributed by atoms with Crippen molar-refractivity contribution in [2.75, 3.05) is 12.0 Å². The van der Waals surface area contributed by atoms with Gasteiger partial charge in [-0.3, -0.25) is 9.69 Å². The van der Waals surface area contributed by atoms with Crippen LogP contribution in [0.3, 0.4) is 0 Å². The molecule has 0 saturated carbocycles. The van der Waals surface area contributed by atoms with Crippen molar-refractivity contribution in [2.24, 2.45) is 0 Å². The first-order valence-corrected chi connectivity index (χ1v) is 5.83. The van der Waals surface area contributed by atoms with Crippen LogP contribution in [0.2, 0.25) is 0 Å². The van der Waals surface area contributed by atoms with Gasteiger partial charge in [-0.05, 0) is 25.0 Å². The quantitative estimate of drug-likeness (QED) is 0.884. The summed E-state index contributed by atoms with van der Waals surface area (Å²) in [6, 6.07) is 6.17. The Kier molecular flexibility index (Phi) is 3.50. The molecule has 1 aromatic rings. The van der Waals surface area contributed by atoms with E-state index in [-0.39, 0.29) is 5.91 Å². The van der Waals surface area contributed by atoms with Crippen LogP contribution in [0.15, 0.2) is 24.3 Å². The molecule has 1 aliphatic heterocycles. The third kappa shape index (κ3) is 2.16. The van der Waals surface area contributed by atoms with Crippen LogP contribution < -0.4 is 9.64 Å². The fraction of sp³-hybridized carbons (Fsp3) is 0.385. The molecule has 0 aliphatic carbocycles. The van der Waals surface area contributed by atoms with Crippen LogP contribution in [-0.2, 0) is 9.59 Å². The molecular formula is C13H15NO4. The van der Waals surface area contributed by atoms with Crippen molar-refractivity contribution in [1.29, 1.82) is 0 Å². The molecule has 5 nitrogen and oxygen atoms in total. The van der Waals surface area contributed by atoms with Crippen molar-refractivity contribution in [3.8, 4) is 5.75 Å². The molecule has 1 atom stereocenters. The molecule has 2 rings (SSSR count). The fourth-order valence-electron chi connectivity index (χ4n) is 2.23. The van der Waals surface area contributed by atoms with E-state index in [9.17, 15) is 14.7 Å². The van der Waals surface area contributed by atoms with E-state index in [2.05, 4.69) is 0 Å². The van der Waals surface area contributed by atoms with Crippen LogP contribution >= 0.6 is 0 Å². The number of carbonyl (C=O) groups is 2. The topological polar surface area (TPSA) is 66.8 Å². The number of para-hydroxylation sites is 2. The molecule has 5 heteroatoms. The van der Waals surface area contributed by atoms with Gasteiger partial charge in [0.1, 0.15) is 11.8 Å². The minimum atomic E-state index is -0.978. The Morgan fingerprint density at radius 3 is 2.83 bits per heavy atom. The van der Waals surface area contributed by atoms with Gasteiger partial charge in [-0.1, -0.05) is 12.1 Å². The predicted molar refractivity (Wildman–Crippen MR) is 65.8 cm³/mol. The van der Waals surface area contributed by atoms with Gasteiger partial charge in [-0.15, -0.1) is 0 Å². The van der Waals surface area contributed by atoms with E-state index in [0.717, 1.165) is 0 Å². The Hall–Kier alpha value is -2.04. The average Bonchev–Trinajstić information content (AvgIpc) is 2.38. The highest BCUT2D eigenvalue weighted by molar-refractivity contribution is 6.01. The van der Waals surface area contributed by atoms with Gasteiger partial charge in [0.2, 0.25) is 5.91 Å². The smallest absolute Gasteiger partial charge is 0.326 e. The van der Waals surface area contributed by atoms with E-state index in [4.69, 9.17) is 4.74 Å². The maximum Gasteiger partial charge on any atom is 0.326 e. The third-order valence-electron chi connectivity index (χ3n) is 3.08. The van der Waals surface area contributed by atoms with E-state index in [0.29, 0.717) is 30.7 Å². The lowest BCUT2D eigenvalue weighted by Crippen LogP contribution is -2.48. The van der Waals surface area contributed by atoms with Gasteiger partial charge >= 0.3 is 5.97 Å². The highest BCUT2D eigenvalue weighted by atomic mass is 16.5. The molecule has 1 fully saturated rings. The van der Waals surface area contributed by atoms with Crippen LogP contribution in [0.1, 0.15) is 19.3 Å². The lowest BCUT2D eigenvalue weighted by atomic mass is 10.0. The van der Waals surface area contributed by atoms with Crippen LogP contribution in [0.25, 0.3) is 0 Å². The van der Waals surface area contributed by atoms with Crippen LogP contribution in [-0.4, -0.2) is 30.1 Å². The molecule has 0 bridgehead atoms. The Balaban J connectivity index is 2.43. The number of hydrogen-bond acceptors (Lipinski definition) is 3. The third-order valence-corrected chi connectivity index (χ3v) is 3.08. The molecule has 96 valence electrons. The summed E-state index contributed by atoms with van der Waals surface area (Å²) in [6.07, 6.45) is 1.46. The Labute approximate surface area is 105 Å². The second kappa shape index (κ2) is 5.08. The largest absolute Gasteiger partial charge is 0.495 e. The van der Waals surface area contributed by atoms with E-state index in [1.165, 1.54) is 12.0 Å². The van der Waals surface area contributed by atoms with Crippen molar-refractivity contribution in [2.45, 2.75) is 25.3 Å². The lowest BCUT2D eigenvalue weighted by molar-refractivity contribution is -0.141. The zero-order chi connectivity index (χ0) is 13.1. The second-order valence-electron chi connectivity index (χ2n) is 4.18. The molecule has 1 aliphatic rings. The zero-order valence-electron chi connectivity index (χ0n) is 10.1. The summed E-state index contributed by atoms with van der Waals surface area (Å²) in [5.41, 5.74) is 0.525. The number of rotatable bonds is 3. The number of nitrogens with zero attached hydrogens (tertiary/aromatic N) is 1. The number of aliphatic carboxylic acids is 1. The first-order valence-electron chi connectivity index (χ1n) is 5.83. The first kappa shape index (κ1) is 12.4. The molecule has 1 unspecified atom stereocenters. The number of hydrogen-bond donors (Lipinski definition) is 1. The monoisotopic (exact) mass is 249 g/mol. The number of methoxy groups -OCH3 is 1. The Bertz CT molecular complexity index is 472. The number of anilines is 1. The molecule has 0 spiro atoms. The Morgan fingerprint density at radius 2 is 2.17 bits per heavy atom. The van der Waals surface area contributed by atoms with Crippen LogP contribution in [0.4, 0.5) is 5.69 Å². The number of carbonyl (C=O) groups excluding carboxylic acids is 1. The minimum absolute atomic E-state index is 0.168. The lowest BCUT2D eigenvalue weighted by Gasteiger charge is -2.33. The number of ether oxygens (including phenoxy) is 1. The van der Waals surface area contributed by atoms with Gasteiger partial charge in [0.05, 0.1) is 12.8 Å². The van der Waals surface area contributed by atoms with Crippen molar-refractivity contribution < 1.29 is 19.4 Å². The first-order chi connectivity index (χ1) is 8.65. The fourth-order valence-corrected chi connectivity index (χ4v) is 2.23. The second-order valence-corrected chi connectivity index (χ2v) is 4.18. The van der Waals surface area contributed by atoms with Gasteiger partial charge in [-0.2, -0.15) is 0 Å². The average molecular weight is 249 g/mol. The molecule has 18 heavy (non-hydrogen) atoms. The standard InChI is InChI=1S/C13H15NO4/c1-18-11-7-3-2-5-9(11)14-10(13(16)17)6-4-8-12(14)15/h2-3,5,7,10H,4,6,8H2,1H3,(H,16,17). The maximum atomic E-state index is 12.0. The maximum absolute atomic E-state index is 12.0. The summed E-state index contributed by atoms with van der Waals surface area (Å²) < 4.78 is 5.19. The van der Waals surface area contributed by atoms with E-state index < -0.39 is 12.0 Å². The minimum Gasteiger partial charge on any atom is -0.495 e. The SMILES string of the molecule is COc1ccccc1N1C(=O)CCCC1C(=O)O. The highest BCUT2D eigenvalue weighted by Gasteiger charge is 2.35. The molecule has 1 heterocycles. The number of amides is 1. The predicted octanol–water partition coefficient (Wildman–Crippen LogP) is 1.67. The van der Waals surface area contributed by atoms with Crippen molar-refractivity contribution in [1.82, 2.24) is 0 Å². The number of carboxylic acid groups (broad SMARTS) is 1. The Morgan fingerprint density at radius 1 is 1.44 bits per heavy atom. The summed E-state index contributed by atoms with van der Waals surface area (Å²) >= 11 is 0. The summed E-state index contributed by atoms with van der Waals surface area (Å²) in [6.45, 7) is 0. The summed E-state index contributed by atoms with van der Waals surface area (Å²) in [4.78, 5) is 24.6. The molecule has 1 aromatic carbocycles. The number of piperidine rings is 1. The molecule has 1 N–H and O–H groups in total. The van der Waals surface area contributed by atoms with Crippen molar-refractivity contribution in [3.05, 3.63) is 24.3 Å². The van der Waals surface area contributed by atoms with Gasteiger partial charge in [-0.25, -0.2) is 4.79 Å². The van der Waals surface area contributed by atoms with E-state index in [1.807, 2.05) is 0 Å². The van der Waals surface area contributed by atoms with Crippen molar-refractivity contribution in [3.63, 3.8) is 0 Å². The van der Waals surface area contributed by atoms with Gasteiger partial charge in [0.25, 0.3) is 0 Å². The normalized spacial score (nSPS) is 19.7. The van der Waals surface area contributed by atoms with Crippen LogP contribution in [0, 0.1) is 0 Å². The summed E-state index contributed by atoms with van der Waals surface area (Å²) in [7, 11) is 1.50. The van der Waals surface area contributed by atoms with Gasteiger partial charge in [0.15, 0.2) is 0 Å².